The van der Waals surface area contributed by atoms with Gasteiger partial charge in [-0.3, -0.25) is 14.6 Å². The Labute approximate surface area is 265 Å². The van der Waals surface area contributed by atoms with Crippen LogP contribution in [0.2, 0.25) is 0 Å². The molecule has 0 aromatic heterocycles. The highest BCUT2D eigenvalue weighted by Crippen LogP contribution is 2.30. The Morgan fingerprint density at radius 3 is 2.30 bits per heavy atom. The van der Waals surface area contributed by atoms with E-state index in [1.807, 2.05) is 43.3 Å². The molecule has 10 heteroatoms. The minimum atomic E-state index is 0.0315. The molecule has 0 heterocycles. The molecule has 0 saturated heterocycles. The number of hydrogen-bond donors (Lipinski definition) is 6. The minimum absolute atomic E-state index is 0.0315. The van der Waals surface area contributed by atoms with Gasteiger partial charge in [0.2, 0.25) is 6.41 Å². The third-order valence-corrected chi connectivity index (χ3v) is 6.18. The van der Waals surface area contributed by atoms with Gasteiger partial charge in [-0.2, -0.15) is 5.48 Å². The molecule has 44 heavy (non-hydrogen) atoms. The van der Waals surface area contributed by atoms with E-state index in [0.717, 1.165) is 50.0 Å². The van der Waals surface area contributed by atoms with Crippen molar-refractivity contribution in [3.05, 3.63) is 77.0 Å². The molecule has 2 aromatic rings. The van der Waals surface area contributed by atoms with Crippen LogP contribution in [-0.2, 0) is 16.1 Å². The number of aliphatic imine (C=N–C) groups is 1. The van der Waals surface area contributed by atoms with E-state index in [0.29, 0.717) is 32.8 Å². The molecule has 1 amide bonds. The number of amides is 1. The number of rotatable bonds is 19. The smallest absolute Gasteiger partial charge is 0.207 e. The number of ether oxygens (including phenoxy) is 1. The molecule has 0 spiro atoms. The van der Waals surface area contributed by atoms with Crippen molar-refractivity contribution in [2.24, 2.45) is 16.5 Å². The van der Waals surface area contributed by atoms with E-state index in [1.165, 1.54) is 23.3 Å². The Bertz CT molecular complexity index is 1070. The molecular formula is C34H57N7O3. The molecule has 1 aliphatic carbocycles. The Morgan fingerprint density at radius 2 is 1.68 bits per heavy atom. The number of carbonyl (C=O) groups excluding carboxylic acids is 1. The zero-order chi connectivity index (χ0) is 32.4. The van der Waals surface area contributed by atoms with Gasteiger partial charge in [-0.15, -0.1) is 0 Å². The number of allylic oxidation sites excluding steroid dienone is 1. The summed E-state index contributed by atoms with van der Waals surface area (Å²) in [6.45, 7) is 14.1. The molecule has 1 fully saturated rings. The quantitative estimate of drug-likeness (QED) is 0.0460. The number of hydrogen-bond acceptors (Lipinski definition) is 7. The fraction of sp³-hybridized carbons (Fsp3) is 0.529. The van der Waals surface area contributed by atoms with Crippen LogP contribution in [-0.4, -0.2) is 63.8 Å². The number of benzene rings is 2. The molecule has 3 rings (SSSR count). The van der Waals surface area contributed by atoms with Crippen molar-refractivity contribution in [1.82, 2.24) is 21.4 Å². The van der Waals surface area contributed by atoms with E-state index in [9.17, 15) is 4.79 Å². The summed E-state index contributed by atoms with van der Waals surface area (Å²) in [4.78, 5) is 19.9. The van der Waals surface area contributed by atoms with E-state index >= 15 is 0 Å². The van der Waals surface area contributed by atoms with Crippen molar-refractivity contribution in [3.8, 4) is 5.75 Å². The third kappa shape index (κ3) is 20.3. The van der Waals surface area contributed by atoms with Crippen LogP contribution in [0.25, 0.3) is 0 Å². The summed E-state index contributed by atoms with van der Waals surface area (Å²) >= 11 is 0. The van der Waals surface area contributed by atoms with Crippen molar-refractivity contribution < 1.29 is 14.4 Å². The Morgan fingerprint density at radius 1 is 1.00 bits per heavy atom. The lowest BCUT2D eigenvalue weighted by Gasteiger charge is -2.19. The molecule has 2 atom stereocenters. The first kappa shape index (κ1) is 38.4. The second kappa shape index (κ2) is 24.8. The van der Waals surface area contributed by atoms with E-state index in [4.69, 9.17) is 21.0 Å². The molecule has 0 radical (unpaired) electrons. The van der Waals surface area contributed by atoms with Crippen LogP contribution < -0.4 is 37.6 Å². The highest BCUT2D eigenvalue weighted by molar-refractivity contribution is 5.75. The van der Waals surface area contributed by atoms with Crippen molar-refractivity contribution in [2.45, 2.75) is 78.8 Å². The Hall–Kier alpha value is -3.60. The lowest BCUT2D eigenvalue weighted by molar-refractivity contribution is -0.109. The van der Waals surface area contributed by atoms with Crippen molar-refractivity contribution >= 4 is 12.4 Å². The molecule has 1 unspecified atom stereocenters. The number of para-hydroxylation sites is 1. The van der Waals surface area contributed by atoms with E-state index in [1.54, 1.807) is 0 Å². The highest BCUT2D eigenvalue weighted by Gasteiger charge is 2.18. The first-order chi connectivity index (χ1) is 21.3. The largest absolute Gasteiger partial charge is 0.492 e. The fourth-order valence-electron chi connectivity index (χ4n) is 3.79. The van der Waals surface area contributed by atoms with Crippen molar-refractivity contribution in [2.75, 3.05) is 39.4 Å². The van der Waals surface area contributed by atoms with Gasteiger partial charge in [-0.25, -0.2) is 0 Å². The lowest BCUT2D eigenvalue weighted by atomic mass is 10.1. The van der Waals surface area contributed by atoms with Gasteiger partial charge in [0.05, 0.1) is 13.2 Å². The maximum Gasteiger partial charge on any atom is 0.207 e. The van der Waals surface area contributed by atoms with Gasteiger partial charge in [-0.05, 0) is 63.7 Å². The summed E-state index contributed by atoms with van der Waals surface area (Å²) in [5.74, 6) is 0.982. The van der Waals surface area contributed by atoms with Gasteiger partial charge < -0.3 is 32.2 Å². The molecule has 2 aromatic carbocycles. The van der Waals surface area contributed by atoms with Crippen LogP contribution in [0, 0.1) is 6.92 Å². The third-order valence-electron chi connectivity index (χ3n) is 6.18. The van der Waals surface area contributed by atoms with Gasteiger partial charge in [0, 0.05) is 37.4 Å². The fourth-order valence-corrected chi connectivity index (χ4v) is 3.79. The monoisotopic (exact) mass is 611 g/mol. The zero-order valence-electron chi connectivity index (χ0n) is 27.5. The van der Waals surface area contributed by atoms with Gasteiger partial charge in [0.1, 0.15) is 12.4 Å². The average Bonchev–Trinajstić information content (AvgIpc) is 3.86. The van der Waals surface area contributed by atoms with Crippen LogP contribution in [0.4, 0.5) is 0 Å². The summed E-state index contributed by atoms with van der Waals surface area (Å²) in [5.41, 5.74) is 18.8. The normalized spacial score (nSPS) is 12.7. The lowest BCUT2D eigenvalue weighted by Crippen LogP contribution is -2.37. The summed E-state index contributed by atoms with van der Waals surface area (Å²) in [5, 5.41) is 9.74. The number of guanidine groups is 1. The molecule has 10 nitrogen and oxygen atoms in total. The SMILES string of the molecule is CC(CN=C(N)N)NOCCNC(CN[C@@H](C)COc1ccccc1CCCNC=O)=C1CC1.CCC.Cc1ccccc1. The van der Waals surface area contributed by atoms with Crippen LogP contribution >= 0.6 is 0 Å². The summed E-state index contributed by atoms with van der Waals surface area (Å²) < 4.78 is 6.09. The number of aryl methyl sites for hydroxylation is 2. The molecular weight excluding hydrogens is 554 g/mol. The minimum Gasteiger partial charge on any atom is -0.492 e. The Balaban J connectivity index is 0.000000822. The highest BCUT2D eigenvalue weighted by atomic mass is 16.6. The number of nitrogens with zero attached hydrogens (tertiary/aromatic N) is 1. The second-order valence-corrected chi connectivity index (χ2v) is 10.9. The van der Waals surface area contributed by atoms with Gasteiger partial charge in [0.15, 0.2) is 5.96 Å². The van der Waals surface area contributed by atoms with E-state index in [-0.39, 0.29) is 18.0 Å². The van der Waals surface area contributed by atoms with Crippen LogP contribution in [0.1, 0.15) is 64.5 Å². The topological polar surface area (TPSA) is 148 Å². The summed E-state index contributed by atoms with van der Waals surface area (Å²) in [6, 6.07) is 18.6. The standard InChI is InChI=1S/C24H41N7O3.C7H8.C3H8/c1-18(14-30-24(25)26)31-34-13-12-28-22(20-9-10-20)15-29-19(2)16-33-23-8-4-3-6-21(23)7-5-11-27-17-32;1-7-5-3-2-4-6-7;1-3-2/h3-4,6,8,17-19,28-29,31H,5,7,9-16H2,1-2H3,(H,27,32)(H4,25,26,30);2-6H,1H3;3H2,1-2H3/t18?,19-;;/m0../s1. The van der Waals surface area contributed by atoms with Gasteiger partial charge in [-0.1, -0.05) is 74.4 Å². The van der Waals surface area contributed by atoms with E-state index in [2.05, 4.69) is 72.3 Å². The number of nitrogens with one attached hydrogen (secondary N) is 4. The average molecular weight is 612 g/mol. The predicted octanol–water partition coefficient (Wildman–Crippen LogP) is 3.95. The Kier molecular flexibility index (Phi) is 21.7. The van der Waals surface area contributed by atoms with Crippen LogP contribution in [0.15, 0.2) is 70.9 Å². The second-order valence-electron chi connectivity index (χ2n) is 10.9. The zero-order valence-corrected chi connectivity index (χ0v) is 27.5. The van der Waals surface area contributed by atoms with E-state index < -0.39 is 0 Å². The molecule has 0 aliphatic heterocycles. The molecule has 246 valence electrons. The molecule has 0 bridgehead atoms. The molecule has 8 N–H and O–H groups in total. The van der Waals surface area contributed by atoms with Crippen molar-refractivity contribution in [1.29, 1.82) is 0 Å². The summed E-state index contributed by atoms with van der Waals surface area (Å²) in [6.07, 6.45) is 6.02. The van der Waals surface area contributed by atoms with Crippen molar-refractivity contribution in [3.63, 3.8) is 0 Å². The number of nitrogens with two attached hydrogens (primary N) is 2. The van der Waals surface area contributed by atoms with Gasteiger partial charge >= 0.3 is 0 Å². The number of carbonyl (C=O) groups is 1. The summed E-state index contributed by atoms with van der Waals surface area (Å²) in [7, 11) is 0. The van der Waals surface area contributed by atoms with Crippen LogP contribution in [0.5, 0.6) is 5.75 Å². The van der Waals surface area contributed by atoms with Crippen LogP contribution in [0.3, 0.4) is 0 Å². The van der Waals surface area contributed by atoms with Gasteiger partial charge in [0.25, 0.3) is 0 Å². The maximum absolute atomic E-state index is 10.4. The first-order valence-corrected chi connectivity index (χ1v) is 15.8. The predicted molar refractivity (Wildman–Crippen MR) is 182 cm³/mol. The molecule has 1 aliphatic rings. The first-order valence-electron chi connectivity index (χ1n) is 15.8. The number of hydroxylamine groups is 1. The maximum atomic E-state index is 10.4. The molecule has 1 saturated carbocycles.